The number of hydrogen-bond acceptors (Lipinski definition) is 5. The summed E-state index contributed by atoms with van der Waals surface area (Å²) in [6.07, 6.45) is 2.46. The SMILES string of the molecule is COCC(C)NS(=O)(=O)c1csc(CNC2CC2)c1. The number of sulfonamides is 1. The number of nitrogens with one attached hydrogen (secondary N) is 2. The molecule has 0 radical (unpaired) electrons. The molecule has 0 aromatic carbocycles. The van der Waals surface area contributed by atoms with E-state index >= 15 is 0 Å². The van der Waals surface area contributed by atoms with Crippen molar-refractivity contribution in [3.05, 3.63) is 16.3 Å². The summed E-state index contributed by atoms with van der Waals surface area (Å²) in [7, 11) is -1.88. The summed E-state index contributed by atoms with van der Waals surface area (Å²) in [6.45, 7) is 2.89. The maximum Gasteiger partial charge on any atom is 0.241 e. The van der Waals surface area contributed by atoms with Gasteiger partial charge in [-0.25, -0.2) is 13.1 Å². The van der Waals surface area contributed by atoms with Gasteiger partial charge in [0.25, 0.3) is 0 Å². The molecule has 1 aliphatic rings. The normalized spacial score (nSPS) is 17.6. The zero-order valence-corrected chi connectivity index (χ0v) is 12.8. The molecule has 1 fully saturated rings. The quantitative estimate of drug-likeness (QED) is 0.760. The number of rotatable bonds is 8. The van der Waals surface area contributed by atoms with Gasteiger partial charge < -0.3 is 10.1 Å². The Morgan fingerprint density at radius 3 is 2.89 bits per heavy atom. The first-order valence-corrected chi connectivity index (χ1v) is 8.69. The van der Waals surface area contributed by atoms with Gasteiger partial charge in [0.15, 0.2) is 0 Å². The van der Waals surface area contributed by atoms with Gasteiger partial charge in [-0.05, 0) is 25.8 Å². The Morgan fingerprint density at radius 2 is 2.26 bits per heavy atom. The Kier molecular flexibility index (Phi) is 4.97. The Morgan fingerprint density at radius 1 is 1.53 bits per heavy atom. The van der Waals surface area contributed by atoms with Crippen LogP contribution in [0.15, 0.2) is 16.3 Å². The van der Waals surface area contributed by atoms with Crippen LogP contribution in [0.4, 0.5) is 0 Å². The van der Waals surface area contributed by atoms with Crippen molar-refractivity contribution < 1.29 is 13.2 Å². The largest absolute Gasteiger partial charge is 0.383 e. The predicted octanol–water partition coefficient (Wildman–Crippen LogP) is 1.31. The number of ether oxygens (including phenoxy) is 1. The zero-order chi connectivity index (χ0) is 13.9. The van der Waals surface area contributed by atoms with E-state index in [9.17, 15) is 8.42 Å². The van der Waals surface area contributed by atoms with Crippen LogP contribution >= 0.6 is 11.3 Å². The third kappa shape index (κ3) is 4.54. The molecule has 0 bridgehead atoms. The Labute approximate surface area is 118 Å². The maximum absolute atomic E-state index is 12.1. The number of thiophene rings is 1. The molecule has 0 aliphatic heterocycles. The van der Waals surface area contributed by atoms with E-state index in [1.54, 1.807) is 25.5 Å². The van der Waals surface area contributed by atoms with Crippen molar-refractivity contribution in [3.8, 4) is 0 Å². The van der Waals surface area contributed by atoms with Crippen molar-refractivity contribution in [1.29, 1.82) is 0 Å². The van der Waals surface area contributed by atoms with Gasteiger partial charge in [-0.2, -0.15) is 0 Å². The first kappa shape index (κ1) is 14.9. The summed E-state index contributed by atoms with van der Waals surface area (Å²) in [6, 6.07) is 2.13. The molecular formula is C12H20N2O3S2. The minimum atomic E-state index is -3.43. The highest BCUT2D eigenvalue weighted by Gasteiger charge is 2.22. The van der Waals surface area contributed by atoms with Gasteiger partial charge in [0.2, 0.25) is 10.0 Å². The first-order valence-electron chi connectivity index (χ1n) is 6.33. The highest BCUT2D eigenvalue weighted by Crippen LogP contribution is 2.23. The standard InChI is InChI=1S/C12H20N2O3S2/c1-9(7-17-2)14-19(15,16)12-5-11(18-8-12)6-13-10-3-4-10/h5,8-10,13-14H,3-4,6-7H2,1-2H3. The average molecular weight is 304 g/mol. The highest BCUT2D eigenvalue weighted by molar-refractivity contribution is 7.89. The molecule has 0 spiro atoms. The van der Waals surface area contributed by atoms with Crippen LogP contribution in [0.25, 0.3) is 0 Å². The number of hydrogen-bond donors (Lipinski definition) is 2. The lowest BCUT2D eigenvalue weighted by atomic mass is 10.4. The smallest absolute Gasteiger partial charge is 0.241 e. The van der Waals surface area contributed by atoms with Crippen LogP contribution < -0.4 is 10.0 Å². The van der Waals surface area contributed by atoms with Crippen LogP contribution in [-0.4, -0.2) is 34.2 Å². The maximum atomic E-state index is 12.1. The summed E-state index contributed by atoms with van der Waals surface area (Å²) in [5.74, 6) is 0. The molecule has 108 valence electrons. The molecule has 1 unspecified atom stereocenters. The molecule has 5 nitrogen and oxygen atoms in total. The second-order valence-electron chi connectivity index (χ2n) is 4.88. The molecule has 1 saturated carbocycles. The molecule has 1 atom stereocenters. The van der Waals surface area contributed by atoms with Crippen LogP contribution in [0.5, 0.6) is 0 Å². The van der Waals surface area contributed by atoms with E-state index in [1.165, 1.54) is 24.2 Å². The molecule has 2 rings (SSSR count). The average Bonchev–Trinajstić information content (AvgIpc) is 3.02. The molecule has 0 amide bonds. The zero-order valence-electron chi connectivity index (χ0n) is 11.2. The summed E-state index contributed by atoms with van der Waals surface area (Å²) >= 11 is 1.47. The molecule has 2 N–H and O–H groups in total. The summed E-state index contributed by atoms with van der Waals surface area (Å²) in [4.78, 5) is 1.39. The molecule has 1 aliphatic carbocycles. The van der Waals surface area contributed by atoms with Gasteiger partial charge in [0.05, 0.1) is 11.5 Å². The second kappa shape index (κ2) is 6.32. The summed E-state index contributed by atoms with van der Waals surface area (Å²) in [5, 5.41) is 5.06. The Balaban J connectivity index is 1.95. The Hall–Kier alpha value is -0.470. The third-order valence-electron chi connectivity index (χ3n) is 2.86. The van der Waals surface area contributed by atoms with Crippen molar-refractivity contribution in [1.82, 2.24) is 10.0 Å². The summed E-state index contributed by atoms with van der Waals surface area (Å²) in [5.41, 5.74) is 0. The van der Waals surface area contributed by atoms with E-state index in [0.717, 1.165) is 11.4 Å². The van der Waals surface area contributed by atoms with Crippen LogP contribution in [0.3, 0.4) is 0 Å². The van der Waals surface area contributed by atoms with Gasteiger partial charge in [-0.3, -0.25) is 0 Å². The van der Waals surface area contributed by atoms with Gasteiger partial charge in [0.1, 0.15) is 0 Å². The van der Waals surface area contributed by atoms with Gasteiger partial charge >= 0.3 is 0 Å². The fraction of sp³-hybridized carbons (Fsp3) is 0.667. The molecule has 1 aromatic heterocycles. The van der Waals surface area contributed by atoms with Crippen molar-refractivity contribution in [2.45, 2.75) is 43.3 Å². The lowest BCUT2D eigenvalue weighted by Crippen LogP contribution is -2.35. The predicted molar refractivity (Wildman–Crippen MR) is 75.8 cm³/mol. The van der Waals surface area contributed by atoms with Gasteiger partial charge in [-0.1, -0.05) is 0 Å². The topological polar surface area (TPSA) is 67.4 Å². The van der Waals surface area contributed by atoms with Gasteiger partial charge in [-0.15, -0.1) is 11.3 Å². The molecule has 0 saturated heterocycles. The number of methoxy groups -OCH3 is 1. The van der Waals surface area contributed by atoms with E-state index < -0.39 is 10.0 Å². The van der Waals surface area contributed by atoms with Crippen molar-refractivity contribution in [3.63, 3.8) is 0 Å². The minimum absolute atomic E-state index is 0.233. The Bertz CT molecular complexity index is 509. The fourth-order valence-corrected chi connectivity index (χ4v) is 4.20. The summed E-state index contributed by atoms with van der Waals surface area (Å²) < 4.78 is 31.7. The second-order valence-corrected chi connectivity index (χ2v) is 7.59. The van der Waals surface area contributed by atoms with E-state index in [1.807, 2.05) is 0 Å². The van der Waals surface area contributed by atoms with E-state index in [2.05, 4.69) is 10.0 Å². The van der Waals surface area contributed by atoms with Crippen molar-refractivity contribution in [2.75, 3.05) is 13.7 Å². The van der Waals surface area contributed by atoms with Crippen LogP contribution in [0, 0.1) is 0 Å². The van der Waals surface area contributed by atoms with Crippen molar-refractivity contribution >= 4 is 21.4 Å². The van der Waals surface area contributed by atoms with E-state index in [-0.39, 0.29) is 6.04 Å². The minimum Gasteiger partial charge on any atom is -0.383 e. The molecule has 1 heterocycles. The van der Waals surface area contributed by atoms with E-state index in [0.29, 0.717) is 17.5 Å². The molecule has 1 aromatic rings. The van der Waals surface area contributed by atoms with Crippen molar-refractivity contribution in [2.24, 2.45) is 0 Å². The lowest BCUT2D eigenvalue weighted by molar-refractivity contribution is 0.180. The van der Waals surface area contributed by atoms with Crippen LogP contribution in [0.2, 0.25) is 0 Å². The first-order chi connectivity index (χ1) is 9.01. The molecular weight excluding hydrogens is 284 g/mol. The molecule has 19 heavy (non-hydrogen) atoms. The van der Waals surface area contributed by atoms with Gasteiger partial charge in [0, 0.05) is 36.0 Å². The molecule has 7 heteroatoms. The third-order valence-corrected chi connectivity index (χ3v) is 5.51. The van der Waals surface area contributed by atoms with Crippen LogP contribution in [0.1, 0.15) is 24.6 Å². The monoisotopic (exact) mass is 304 g/mol. The fourth-order valence-electron chi connectivity index (χ4n) is 1.74. The van der Waals surface area contributed by atoms with E-state index in [4.69, 9.17) is 4.74 Å². The van der Waals surface area contributed by atoms with Crippen LogP contribution in [-0.2, 0) is 21.3 Å². The highest BCUT2D eigenvalue weighted by atomic mass is 32.2. The lowest BCUT2D eigenvalue weighted by Gasteiger charge is -2.12.